The van der Waals surface area contributed by atoms with Gasteiger partial charge in [-0.25, -0.2) is 0 Å². The van der Waals surface area contributed by atoms with Gasteiger partial charge in [0.1, 0.15) is 11.4 Å². The third kappa shape index (κ3) is 2.80. The second kappa shape index (κ2) is 4.94. The van der Waals surface area contributed by atoms with E-state index in [2.05, 4.69) is 42.3 Å². The topological polar surface area (TPSA) is 34.2 Å². The number of aromatic nitrogens is 1. The number of benzene rings is 1. The maximum Gasteiger partial charge on any atom is 0.124 e. The predicted octanol–water partition coefficient (Wildman–Crippen LogP) is 3.54. The second-order valence-corrected chi connectivity index (χ2v) is 6.48. The zero-order valence-corrected chi connectivity index (χ0v) is 12.0. The molecule has 0 spiro atoms. The number of hydrogen-bond donors (Lipinski definition) is 1. The summed E-state index contributed by atoms with van der Waals surface area (Å²) in [6, 6.07) is 8.64. The highest BCUT2D eigenvalue weighted by atomic mass is 32.1. The molecule has 0 radical (unpaired) electrons. The maximum atomic E-state index is 6.04. The molecule has 2 aromatic rings. The van der Waals surface area contributed by atoms with Gasteiger partial charge in [0.05, 0.1) is 5.51 Å². The molecule has 1 aliphatic heterocycles. The Labute approximate surface area is 117 Å². The van der Waals surface area contributed by atoms with Crippen LogP contribution < -0.4 is 10.1 Å². The van der Waals surface area contributed by atoms with Gasteiger partial charge in [0.2, 0.25) is 0 Å². The van der Waals surface area contributed by atoms with Gasteiger partial charge in [0.25, 0.3) is 0 Å². The van der Waals surface area contributed by atoms with Gasteiger partial charge in [-0.2, -0.15) is 0 Å². The van der Waals surface area contributed by atoms with Crippen molar-refractivity contribution in [1.29, 1.82) is 0 Å². The van der Waals surface area contributed by atoms with Crippen molar-refractivity contribution in [2.45, 2.75) is 38.5 Å². The van der Waals surface area contributed by atoms with Crippen molar-refractivity contribution in [1.82, 2.24) is 10.3 Å². The fraction of sp³-hybridized carbons (Fsp3) is 0.400. The van der Waals surface area contributed by atoms with Crippen LogP contribution in [0.15, 0.2) is 36.0 Å². The number of rotatable bonds is 3. The average molecular weight is 274 g/mol. The van der Waals surface area contributed by atoms with Crippen LogP contribution in [0.3, 0.4) is 0 Å². The minimum Gasteiger partial charge on any atom is -0.487 e. The quantitative estimate of drug-likeness (QED) is 0.929. The molecule has 3 rings (SSSR count). The van der Waals surface area contributed by atoms with Crippen molar-refractivity contribution >= 4 is 11.3 Å². The molecule has 19 heavy (non-hydrogen) atoms. The minimum absolute atomic E-state index is 0.125. The Morgan fingerprint density at radius 3 is 3.05 bits per heavy atom. The van der Waals surface area contributed by atoms with E-state index in [0.717, 1.165) is 18.7 Å². The van der Waals surface area contributed by atoms with Gasteiger partial charge in [0, 0.05) is 35.6 Å². The van der Waals surface area contributed by atoms with Gasteiger partial charge in [0.15, 0.2) is 0 Å². The Morgan fingerprint density at radius 1 is 1.42 bits per heavy atom. The fourth-order valence-corrected chi connectivity index (χ4v) is 3.08. The maximum absolute atomic E-state index is 6.04. The van der Waals surface area contributed by atoms with Gasteiger partial charge >= 0.3 is 0 Å². The molecule has 3 nitrogen and oxygen atoms in total. The van der Waals surface area contributed by atoms with E-state index in [-0.39, 0.29) is 5.60 Å². The summed E-state index contributed by atoms with van der Waals surface area (Å²) in [6.07, 6.45) is 2.90. The normalized spacial score (nSPS) is 20.6. The lowest BCUT2D eigenvalue weighted by atomic mass is 9.90. The van der Waals surface area contributed by atoms with Crippen molar-refractivity contribution in [3.05, 3.63) is 46.4 Å². The van der Waals surface area contributed by atoms with E-state index < -0.39 is 0 Å². The lowest BCUT2D eigenvalue weighted by Gasteiger charge is -2.38. The molecular formula is C15H18N2OS. The van der Waals surface area contributed by atoms with Crippen molar-refractivity contribution < 1.29 is 4.74 Å². The molecule has 4 heteroatoms. The zero-order valence-electron chi connectivity index (χ0n) is 11.2. The van der Waals surface area contributed by atoms with E-state index in [4.69, 9.17) is 4.74 Å². The highest BCUT2D eigenvalue weighted by Crippen LogP contribution is 2.39. The smallest absolute Gasteiger partial charge is 0.124 e. The number of nitrogens with zero attached hydrogens (tertiary/aromatic N) is 1. The largest absolute Gasteiger partial charge is 0.487 e. The van der Waals surface area contributed by atoms with Gasteiger partial charge in [-0.15, -0.1) is 11.3 Å². The SMILES string of the molecule is CC1(C)CC(NCc2cncs2)c2ccccc2O1. The number of fused-ring (bicyclic) bond motifs is 1. The number of ether oxygens (including phenoxy) is 1. The summed E-state index contributed by atoms with van der Waals surface area (Å²) in [4.78, 5) is 5.38. The molecule has 0 saturated heterocycles. The zero-order chi connectivity index (χ0) is 13.3. The lowest BCUT2D eigenvalue weighted by Crippen LogP contribution is -2.39. The van der Waals surface area contributed by atoms with Crippen LogP contribution in [0.5, 0.6) is 5.75 Å². The summed E-state index contributed by atoms with van der Waals surface area (Å²) in [5.41, 5.74) is 3.00. The summed E-state index contributed by atoms with van der Waals surface area (Å²) in [7, 11) is 0. The van der Waals surface area contributed by atoms with Crippen molar-refractivity contribution in [3.63, 3.8) is 0 Å². The molecule has 1 aromatic carbocycles. The Hall–Kier alpha value is -1.39. The van der Waals surface area contributed by atoms with E-state index >= 15 is 0 Å². The summed E-state index contributed by atoms with van der Waals surface area (Å²) >= 11 is 1.69. The first kappa shape index (κ1) is 12.6. The first-order valence-electron chi connectivity index (χ1n) is 6.53. The molecular weight excluding hydrogens is 256 g/mol. The first-order valence-corrected chi connectivity index (χ1v) is 7.41. The van der Waals surface area contributed by atoms with Gasteiger partial charge in [-0.05, 0) is 19.9 Å². The Balaban J connectivity index is 1.80. The van der Waals surface area contributed by atoms with Gasteiger partial charge in [-0.3, -0.25) is 4.98 Å². The van der Waals surface area contributed by atoms with Crippen LogP contribution in [-0.2, 0) is 6.54 Å². The van der Waals surface area contributed by atoms with E-state index in [1.165, 1.54) is 10.4 Å². The molecule has 0 saturated carbocycles. The molecule has 1 aliphatic rings. The fourth-order valence-electron chi connectivity index (χ4n) is 2.54. The van der Waals surface area contributed by atoms with Crippen LogP contribution in [0.4, 0.5) is 0 Å². The summed E-state index contributed by atoms with van der Waals surface area (Å²) in [6.45, 7) is 5.15. The van der Waals surface area contributed by atoms with Crippen LogP contribution in [0.2, 0.25) is 0 Å². The van der Waals surface area contributed by atoms with E-state index in [1.54, 1.807) is 11.3 Å². The second-order valence-electron chi connectivity index (χ2n) is 5.50. The lowest BCUT2D eigenvalue weighted by molar-refractivity contribution is 0.0658. The van der Waals surface area contributed by atoms with Crippen LogP contribution in [0.25, 0.3) is 0 Å². The summed E-state index contributed by atoms with van der Waals surface area (Å²) in [5.74, 6) is 1.00. The third-order valence-electron chi connectivity index (χ3n) is 3.38. The molecule has 0 fully saturated rings. The third-order valence-corrected chi connectivity index (χ3v) is 4.16. The van der Waals surface area contributed by atoms with Crippen molar-refractivity contribution in [2.24, 2.45) is 0 Å². The number of hydrogen-bond acceptors (Lipinski definition) is 4. The Bertz CT molecular complexity index is 551. The van der Waals surface area contributed by atoms with Crippen molar-refractivity contribution in [3.8, 4) is 5.75 Å². The molecule has 1 aromatic heterocycles. The van der Waals surface area contributed by atoms with E-state index in [1.807, 2.05) is 17.8 Å². The number of para-hydroxylation sites is 1. The highest BCUT2D eigenvalue weighted by molar-refractivity contribution is 7.09. The molecule has 1 unspecified atom stereocenters. The Morgan fingerprint density at radius 2 is 2.26 bits per heavy atom. The molecule has 2 heterocycles. The summed E-state index contributed by atoms with van der Waals surface area (Å²) < 4.78 is 6.04. The molecule has 100 valence electrons. The average Bonchev–Trinajstić information content (AvgIpc) is 2.87. The molecule has 1 N–H and O–H groups in total. The van der Waals surface area contributed by atoms with Crippen LogP contribution in [0.1, 0.15) is 36.8 Å². The number of thiazole rings is 1. The summed E-state index contributed by atoms with van der Waals surface area (Å²) in [5, 5.41) is 3.63. The molecule has 0 amide bonds. The minimum atomic E-state index is -0.125. The van der Waals surface area contributed by atoms with Crippen molar-refractivity contribution in [2.75, 3.05) is 0 Å². The number of nitrogens with one attached hydrogen (secondary N) is 1. The van der Waals surface area contributed by atoms with Gasteiger partial charge in [-0.1, -0.05) is 18.2 Å². The standard InChI is InChI=1S/C15H18N2OS/c1-15(2)7-13(17-9-11-8-16-10-19-11)12-5-3-4-6-14(12)18-15/h3-6,8,10,13,17H,7,9H2,1-2H3. The van der Waals surface area contributed by atoms with Crippen LogP contribution >= 0.6 is 11.3 Å². The van der Waals surface area contributed by atoms with Crippen LogP contribution in [-0.4, -0.2) is 10.6 Å². The molecule has 1 atom stereocenters. The monoisotopic (exact) mass is 274 g/mol. The molecule has 0 bridgehead atoms. The van der Waals surface area contributed by atoms with Crippen LogP contribution in [0, 0.1) is 0 Å². The van der Waals surface area contributed by atoms with E-state index in [9.17, 15) is 0 Å². The predicted molar refractivity (Wildman–Crippen MR) is 77.5 cm³/mol. The van der Waals surface area contributed by atoms with E-state index in [0.29, 0.717) is 6.04 Å². The molecule has 0 aliphatic carbocycles. The highest BCUT2D eigenvalue weighted by Gasteiger charge is 2.33. The van der Waals surface area contributed by atoms with Gasteiger partial charge < -0.3 is 10.1 Å². The first-order chi connectivity index (χ1) is 9.14. The Kier molecular flexibility index (Phi) is 3.29.